The Balaban J connectivity index is 1.22. The molecule has 162 valence electrons. The second-order valence-electron chi connectivity index (χ2n) is 12.2. The molecular formula is C26H40O3. The Kier molecular flexibility index (Phi) is 4.35. The summed E-state index contributed by atoms with van der Waals surface area (Å²) in [5, 5.41) is 0. The van der Waals surface area contributed by atoms with Crippen molar-refractivity contribution in [1.29, 1.82) is 0 Å². The third kappa shape index (κ3) is 2.65. The lowest BCUT2D eigenvalue weighted by Crippen LogP contribution is -2.52. The lowest BCUT2D eigenvalue weighted by molar-refractivity contribution is -0.272. The highest BCUT2D eigenvalue weighted by Gasteiger charge is 2.65. The van der Waals surface area contributed by atoms with Crippen LogP contribution in [0.5, 0.6) is 0 Å². The van der Waals surface area contributed by atoms with E-state index in [4.69, 9.17) is 9.47 Å². The molecule has 6 fully saturated rings. The number of hydrogen-bond acceptors (Lipinski definition) is 3. The fourth-order valence-corrected chi connectivity index (χ4v) is 9.53. The Morgan fingerprint density at radius 1 is 0.966 bits per heavy atom. The highest BCUT2D eigenvalue weighted by atomic mass is 16.7. The zero-order valence-corrected chi connectivity index (χ0v) is 18.7. The first-order valence-corrected chi connectivity index (χ1v) is 12.7. The molecule has 4 saturated carbocycles. The van der Waals surface area contributed by atoms with Crippen molar-refractivity contribution < 1.29 is 14.3 Å². The first kappa shape index (κ1) is 19.3. The molecule has 3 heteroatoms. The number of rotatable bonds is 0. The summed E-state index contributed by atoms with van der Waals surface area (Å²) in [6.07, 6.45) is 12.4. The maximum absolute atomic E-state index is 12.1. The van der Waals surface area contributed by atoms with Crippen LogP contribution in [0.4, 0.5) is 0 Å². The van der Waals surface area contributed by atoms with E-state index in [0.717, 1.165) is 56.0 Å². The lowest BCUT2D eigenvalue weighted by Gasteiger charge is -2.58. The van der Waals surface area contributed by atoms with Crippen LogP contribution in [0.1, 0.15) is 85.0 Å². The van der Waals surface area contributed by atoms with Crippen molar-refractivity contribution in [2.24, 2.45) is 52.8 Å². The second kappa shape index (κ2) is 6.55. The van der Waals surface area contributed by atoms with Crippen LogP contribution in [0.25, 0.3) is 0 Å². The summed E-state index contributed by atoms with van der Waals surface area (Å²) < 4.78 is 13.2. The number of fused-ring (bicyclic) bond motifs is 7. The fourth-order valence-electron chi connectivity index (χ4n) is 9.53. The van der Waals surface area contributed by atoms with E-state index in [2.05, 4.69) is 20.8 Å². The molecule has 29 heavy (non-hydrogen) atoms. The Morgan fingerprint density at radius 2 is 1.79 bits per heavy atom. The van der Waals surface area contributed by atoms with Gasteiger partial charge in [0, 0.05) is 25.2 Å². The molecule has 0 N–H and O–H groups in total. The molecule has 0 bridgehead atoms. The van der Waals surface area contributed by atoms with Gasteiger partial charge in [0.05, 0.1) is 12.7 Å². The molecule has 1 spiro atoms. The van der Waals surface area contributed by atoms with Crippen molar-refractivity contribution in [3.8, 4) is 0 Å². The second-order valence-corrected chi connectivity index (χ2v) is 12.2. The van der Waals surface area contributed by atoms with Gasteiger partial charge < -0.3 is 9.47 Å². The summed E-state index contributed by atoms with van der Waals surface area (Å²) in [6.45, 7) is 8.18. The predicted molar refractivity (Wildman–Crippen MR) is 112 cm³/mol. The topological polar surface area (TPSA) is 35.5 Å². The van der Waals surface area contributed by atoms with Crippen LogP contribution < -0.4 is 0 Å². The van der Waals surface area contributed by atoms with Crippen LogP contribution in [0, 0.1) is 52.8 Å². The van der Waals surface area contributed by atoms with Gasteiger partial charge in [-0.05, 0) is 91.8 Å². The molecule has 0 radical (unpaired) electrons. The quantitative estimate of drug-likeness (QED) is 0.530. The van der Waals surface area contributed by atoms with E-state index in [9.17, 15) is 4.79 Å². The monoisotopic (exact) mass is 400 g/mol. The summed E-state index contributed by atoms with van der Waals surface area (Å²) in [7, 11) is 0. The Morgan fingerprint density at radius 3 is 2.59 bits per heavy atom. The molecule has 0 aromatic carbocycles. The summed E-state index contributed by atoms with van der Waals surface area (Å²) in [4.78, 5) is 12.1. The molecular weight excluding hydrogens is 360 g/mol. The van der Waals surface area contributed by atoms with Crippen LogP contribution in [-0.2, 0) is 14.3 Å². The van der Waals surface area contributed by atoms with Crippen LogP contribution in [0.3, 0.4) is 0 Å². The maximum atomic E-state index is 12.1. The molecule has 4 aliphatic carbocycles. The zero-order valence-electron chi connectivity index (χ0n) is 18.7. The number of Topliss-reactive ketones (excluding diaryl/α,β-unsaturated/α-hetero) is 1. The first-order valence-electron chi connectivity index (χ1n) is 12.7. The van der Waals surface area contributed by atoms with E-state index in [1.54, 1.807) is 0 Å². The van der Waals surface area contributed by atoms with Crippen molar-refractivity contribution in [3.05, 3.63) is 0 Å². The van der Waals surface area contributed by atoms with Gasteiger partial charge in [-0.25, -0.2) is 0 Å². The summed E-state index contributed by atoms with van der Waals surface area (Å²) in [5.41, 5.74) is 0.426. The van der Waals surface area contributed by atoms with Gasteiger partial charge in [-0.2, -0.15) is 0 Å². The summed E-state index contributed by atoms with van der Waals surface area (Å²) in [5.74, 6) is 6.32. The number of ketones is 1. The predicted octanol–water partition coefficient (Wildman–Crippen LogP) is 5.61. The van der Waals surface area contributed by atoms with E-state index in [1.165, 1.54) is 38.5 Å². The molecule has 0 amide bonds. The third-order valence-electron chi connectivity index (χ3n) is 11.1. The third-order valence-corrected chi connectivity index (χ3v) is 11.1. The molecule has 6 rings (SSSR count). The van der Waals surface area contributed by atoms with Gasteiger partial charge in [-0.1, -0.05) is 20.8 Å². The van der Waals surface area contributed by atoms with Gasteiger partial charge in [0.1, 0.15) is 5.78 Å². The van der Waals surface area contributed by atoms with Gasteiger partial charge in [0.15, 0.2) is 5.79 Å². The van der Waals surface area contributed by atoms with Crippen molar-refractivity contribution in [2.75, 3.05) is 6.61 Å². The molecule has 2 aliphatic heterocycles. The van der Waals surface area contributed by atoms with Crippen LogP contribution in [0.15, 0.2) is 0 Å². The zero-order chi connectivity index (χ0) is 20.0. The van der Waals surface area contributed by atoms with Gasteiger partial charge in [0.2, 0.25) is 0 Å². The van der Waals surface area contributed by atoms with Crippen molar-refractivity contribution in [3.63, 3.8) is 0 Å². The molecule has 6 aliphatic rings. The first-order chi connectivity index (χ1) is 13.9. The molecule has 2 heterocycles. The average Bonchev–Trinajstić information content (AvgIpc) is 3.19. The molecule has 0 aromatic rings. The average molecular weight is 401 g/mol. The van der Waals surface area contributed by atoms with Gasteiger partial charge in [-0.15, -0.1) is 0 Å². The number of carbonyl (C=O) groups is 1. The smallest absolute Gasteiger partial charge is 0.171 e. The Bertz CT molecular complexity index is 679. The standard InChI is InChI=1S/C26H40O3/c1-15-8-11-26(28-14-15)16(2)24-20-6-7-22-19(21(20)13-23(24)29-26)5-4-17-12-18(27)9-10-25(17,22)3/h15-17,19-24H,4-14H2,1-3H3/t15-,16-,17+,19-,20+,21+,22-,23-,24+,25-,26+/m0/s1. The van der Waals surface area contributed by atoms with Crippen LogP contribution in [0.2, 0.25) is 0 Å². The fraction of sp³-hybridized carbons (Fsp3) is 0.962. The van der Waals surface area contributed by atoms with E-state index >= 15 is 0 Å². The Labute approximate surface area is 176 Å². The SMILES string of the molecule is C[C@H]1CC[C@@]2(OC1)O[C@H]1C[C@H]3[C@@H](CC[C@H]4[C@H]3CC[C@@H]3CC(=O)CC[C@@]34C)[C@H]1[C@@H]2C. The van der Waals surface area contributed by atoms with E-state index in [0.29, 0.717) is 41.0 Å². The van der Waals surface area contributed by atoms with Gasteiger partial charge in [0.25, 0.3) is 0 Å². The van der Waals surface area contributed by atoms with Gasteiger partial charge in [-0.3, -0.25) is 4.79 Å². The van der Waals surface area contributed by atoms with Crippen molar-refractivity contribution >= 4 is 5.78 Å². The summed E-state index contributed by atoms with van der Waals surface area (Å²) >= 11 is 0. The molecule has 0 unspecified atom stereocenters. The highest BCUT2D eigenvalue weighted by molar-refractivity contribution is 5.79. The van der Waals surface area contributed by atoms with Crippen molar-refractivity contribution in [2.45, 2.75) is 96.9 Å². The molecule has 2 saturated heterocycles. The minimum absolute atomic E-state index is 0.267. The van der Waals surface area contributed by atoms with E-state index in [1.807, 2.05) is 0 Å². The normalized spacial score (nSPS) is 59.1. The van der Waals surface area contributed by atoms with E-state index < -0.39 is 0 Å². The molecule has 11 atom stereocenters. The highest BCUT2D eigenvalue weighted by Crippen LogP contribution is 2.67. The number of ether oxygens (including phenoxy) is 2. The summed E-state index contributed by atoms with van der Waals surface area (Å²) in [6, 6.07) is 0. The Hall–Kier alpha value is -0.410. The number of carbonyl (C=O) groups excluding carboxylic acids is 1. The van der Waals surface area contributed by atoms with Crippen LogP contribution in [-0.4, -0.2) is 24.3 Å². The van der Waals surface area contributed by atoms with Crippen molar-refractivity contribution in [1.82, 2.24) is 0 Å². The number of hydrogen-bond donors (Lipinski definition) is 0. The molecule has 3 nitrogen and oxygen atoms in total. The molecule has 0 aromatic heterocycles. The lowest BCUT2D eigenvalue weighted by atomic mass is 9.47. The van der Waals surface area contributed by atoms with Crippen LogP contribution >= 0.6 is 0 Å². The van der Waals surface area contributed by atoms with E-state index in [-0.39, 0.29) is 5.79 Å². The van der Waals surface area contributed by atoms with Gasteiger partial charge >= 0.3 is 0 Å². The largest absolute Gasteiger partial charge is 0.349 e. The minimum Gasteiger partial charge on any atom is -0.349 e. The minimum atomic E-state index is -0.267. The maximum Gasteiger partial charge on any atom is 0.171 e.